The number of ether oxygens (including phenoxy) is 2. The molecule has 0 radical (unpaired) electrons. The average Bonchev–Trinajstić information content (AvgIpc) is 2.57. The molecule has 0 bridgehead atoms. The Hall–Kier alpha value is -2.58. The first-order chi connectivity index (χ1) is 11.2. The van der Waals surface area contributed by atoms with Gasteiger partial charge in [-0.05, 0) is 61.2 Å². The van der Waals surface area contributed by atoms with E-state index >= 15 is 0 Å². The summed E-state index contributed by atoms with van der Waals surface area (Å²) in [4.78, 5) is 13.7. The van der Waals surface area contributed by atoms with Crippen LogP contribution in [0.2, 0.25) is 0 Å². The second kappa shape index (κ2) is 7.12. The lowest BCUT2D eigenvalue weighted by molar-refractivity contribution is 0.192. The predicted octanol–water partition coefficient (Wildman–Crippen LogP) is 3.99. The lowest BCUT2D eigenvalue weighted by Gasteiger charge is -2.23. The number of aryl methyl sites for hydroxylation is 1. The number of rotatable bonds is 5. The van der Waals surface area contributed by atoms with Gasteiger partial charge in [-0.15, -0.1) is 0 Å². The van der Waals surface area contributed by atoms with Crippen molar-refractivity contribution < 1.29 is 14.3 Å². The number of carbonyl (C=O) groups excluding carboxylic acids is 1. The maximum atomic E-state index is 10.2. The van der Waals surface area contributed by atoms with E-state index in [0.717, 1.165) is 30.8 Å². The number of hydrogen-bond donors (Lipinski definition) is 0. The number of fused-ring (bicyclic) bond motifs is 1. The third-order valence-corrected chi connectivity index (χ3v) is 3.94. The highest BCUT2D eigenvalue weighted by atomic mass is 16.5. The van der Waals surface area contributed by atoms with Crippen molar-refractivity contribution in [3.63, 3.8) is 0 Å². The first-order valence-electron chi connectivity index (χ1n) is 7.84. The summed E-state index contributed by atoms with van der Waals surface area (Å²) in [5.74, 6) is 1.78. The van der Waals surface area contributed by atoms with Crippen molar-refractivity contribution >= 4 is 11.8 Å². The van der Waals surface area contributed by atoms with Gasteiger partial charge in [0.2, 0.25) is 6.08 Å². The standard InChI is InChI=1S/C19H19NO3/c1-14-2-4-16-12-15(3-9-19(16)23-14)10-11-22-18-7-5-17(6-8-18)20-13-21/h3,5-9,12,14H,2,4,10-11H2,1H3. The molecule has 1 unspecified atom stereocenters. The molecule has 4 heteroatoms. The van der Waals surface area contributed by atoms with E-state index in [1.807, 2.05) is 0 Å². The second-order valence-electron chi connectivity index (χ2n) is 5.70. The van der Waals surface area contributed by atoms with Crippen LogP contribution in [-0.2, 0) is 17.6 Å². The molecule has 0 saturated heterocycles. The minimum Gasteiger partial charge on any atom is -0.493 e. The van der Waals surface area contributed by atoms with Crippen LogP contribution in [0.1, 0.15) is 24.5 Å². The quantitative estimate of drug-likeness (QED) is 0.620. The molecule has 118 valence electrons. The molecule has 0 N–H and O–H groups in total. The average molecular weight is 309 g/mol. The van der Waals surface area contributed by atoms with E-state index in [2.05, 4.69) is 30.1 Å². The van der Waals surface area contributed by atoms with Crippen molar-refractivity contribution in [2.45, 2.75) is 32.3 Å². The SMILES string of the molecule is CC1CCc2cc(CCOc3ccc(N=C=O)cc3)ccc2O1. The van der Waals surface area contributed by atoms with E-state index in [-0.39, 0.29) is 0 Å². The van der Waals surface area contributed by atoms with Crippen molar-refractivity contribution in [2.75, 3.05) is 6.61 Å². The van der Waals surface area contributed by atoms with E-state index in [9.17, 15) is 4.79 Å². The Balaban J connectivity index is 1.55. The van der Waals surface area contributed by atoms with E-state index < -0.39 is 0 Å². The van der Waals surface area contributed by atoms with Crippen LogP contribution in [0, 0.1) is 0 Å². The normalized spacial score (nSPS) is 16.0. The van der Waals surface area contributed by atoms with Crippen molar-refractivity contribution in [3.05, 3.63) is 53.6 Å². The molecule has 1 aliphatic rings. The van der Waals surface area contributed by atoms with Crippen LogP contribution in [-0.4, -0.2) is 18.8 Å². The highest BCUT2D eigenvalue weighted by molar-refractivity contribution is 5.50. The molecule has 0 spiro atoms. The van der Waals surface area contributed by atoms with Crippen LogP contribution in [0.4, 0.5) is 5.69 Å². The summed E-state index contributed by atoms with van der Waals surface area (Å²) < 4.78 is 11.6. The van der Waals surface area contributed by atoms with Crippen LogP contribution in [0.3, 0.4) is 0 Å². The maximum Gasteiger partial charge on any atom is 0.240 e. The van der Waals surface area contributed by atoms with Crippen LogP contribution < -0.4 is 9.47 Å². The van der Waals surface area contributed by atoms with E-state index in [1.165, 1.54) is 17.2 Å². The van der Waals surface area contributed by atoms with Gasteiger partial charge >= 0.3 is 0 Å². The van der Waals surface area contributed by atoms with Crippen molar-refractivity contribution in [1.82, 2.24) is 0 Å². The van der Waals surface area contributed by atoms with Gasteiger partial charge in [-0.3, -0.25) is 0 Å². The van der Waals surface area contributed by atoms with Gasteiger partial charge in [-0.25, -0.2) is 4.79 Å². The molecule has 0 aliphatic carbocycles. The molecule has 0 fully saturated rings. The predicted molar refractivity (Wildman–Crippen MR) is 88.3 cm³/mol. The Labute approximate surface area is 135 Å². The Morgan fingerprint density at radius 2 is 2.09 bits per heavy atom. The fourth-order valence-electron chi connectivity index (χ4n) is 2.69. The molecule has 1 atom stereocenters. The van der Waals surface area contributed by atoms with Gasteiger partial charge in [0.1, 0.15) is 11.5 Å². The highest BCUT2D eigenvalue weighted by Gasteiger charge is 2.15. The van der Waals surface area contributed by atoms with Gasteiger partial charge in [0.15, 0.2) is 0 Å². The van der Waals surface area contributed by atoms with Crippen LogP contribution in [0.5, 0.6) is 11.5 Å². The molecule has 1 aliphatic heterocycles. The number of benzene rings is 2. The summed E-state index contributed by atoms with van der Waals surface area (Å²) in [5, 5.41) is 0. The largest absolute Gasteiger partial charge is 0.493 e. The van der Waals surface area contributed by atoms with Gasteiger partial charge in [0, 0.05) is 6.42 Å². The van der Waals surface area contributed by atoms with Gasteiger partial charge in [-0.2, -0.15) is 4.99 Å². The first kappa shape index (κ1) is 15.3. The lowest BCUT2D eigenvalue weighted by Crippen LogP contribution is -2.18. The summed E-state index contributed by atoms with van der Waals surface area (Å²) in [6, 6.07) is 13.5. The number of hydrogen-bond acceptors (Lipinski definition) is 4. The van der Waals surface area contributed by atoms with Gasteiger partial charge in [-0.1, -0.05) is 12.1 Å². The van der Waals surface area contributed by atoms with Crippen molar-refractivity contribution in [3.8, 4) is 11.5 Å². The monoisotopic (exact) mass is 309 g/mol. The molecule has 2 aromatic carbocycles. The smallest absolute Gasteiger partial charge is 0.240 e. The van der Waals surface area contributed by atoms with Crippen LogP contribution in [0.15, 0.2) is 47.5 Å². The van der Waals surface area contributed by atoms with Gasteiger partial charge in [0.05, 0.1) is 18.4 Å². The fourth-order valence-corrected chi connectivity index (χ4v) is 2.69. The van der Waals surface area contributed by atoms with Gasteiger partial charge < -0.3 is 9.47 Å². The molecule has 3 rings (SSSR count). The van der Waals surface area contributed by atoms with Crippen LogP contribution in [0.25, 0.3) is 0 Å². The molecular formula is C19H19NO3. The zero-order valence-corrected chi connectivity index (χ0v) is 13.1. The molecule has 0 aromatic heterocycles. The summed E-state index contributed by atoms with van der Waals surface area (Å²) in [6.45, 7) is 2.71. The van der Waals surface area contributed by atoms with E-state index in [1.54, 1.807) is 24.3 Å². The molecule has 1 heterocycles. The summed E-state index contributed by atoms with van der Waals surface area (Å²) in [5.41, 5.74) is 3.12. The number of aliphatic imine (C=N–C) groups is 1. The third kappa shape index (κ3) is 3.99. The Bertz CT molecular complexity index is 718. The highest BCUT2D eigenvalue weighted by Crippen LogP contribution is 2.28. The zero-order valence-electron chi connectivity index (χ0n) is 13.1. The fraction of sp³-hybridized carbons (Fsp3) is 0.316. The van der Waals surface area contributed by atoms with Crippen molar-refractivity contribution in [2.24, 2.45) is 4.99 Å². The summed E-state index contributed by atoms with van der Waals surface area (Å²) in [7, 11) is 0. The van der Waals surface area contributed by atoms with E-state index in [0.29, 0.717) is 18.4 Å². The minimum absolute atomic E-state index is 0.309. The summed E-state index contributed by atoms with van der Waals surface area (Å²) in [6.07, 6.45) is 4.82. The molecule has 23 heavy (non-hydrogen) atoms. The Morgan fingerprint density at radius 3 is 2.87 bits per heavy atom. The third-order valence-electron chi connectivity index (χ3n) is 3.94. The molecule has 0 saturated carbocycles. The molecular weight excluding hydrogens is 290 g/mol. The molecule has 0 amide bonds. The molecule has 4 nitrogen and oxygen atoms in total. The number of isocyanates is 1. The minimum atomic E-state index is 0.309. The topological polar surface area (TPSA) is 47.9 Å². The summed E-state index contributed by atoms with van der Waals surface area (Å²) >= 11 is 0. The maximum absolute atomic E-state index is 10.2. The molecule has 2 aromatic rings. The Kier molecular flexibility index (Phi) is 4.74. The second-order valence-corrected chi connectivity index (χ2v) is 5.70. The Morgan fingerprint density at radius 1 is 1.26 bits per heavy atom. The number of nitrogens with zero attached hydrogens (tertiary/aromatic N) is 1. The van der Waals surface area contributed by atoms with Gasteiger partial charge in [0.25, 0.3) is 0 Å². The van der Waals surface area contributed by atoms with Crippen molar-refractivity contribution in [1.29, 1.82) is 0 Å². The van der Waals surface area contributed by atoms with Crippen LogP contribution >= 0.6 is 0 Å². The van der Waals surface area contributed by atoms with E-state index in [4.69, 9.17) is 9.47 Å². The first-order valence-corrected chi connectivity index (χ1v) is 7.84. The lowest BCUT2D eigenvalue weighted by atomic mass is 9.99. The zero-order chi connectivity index (χ0) is 16.1.